The minimum Gasteiger partial charge on any atom is -0.444 e. The maximum Gasteiger partial charge on any atom is 0.509 e. The number of thiophene rings is 1. The van der Waals surface area contributed by atoms with E-state index in [2.05, 4.69) is 10.3 Å². The van der Waals surface area contributed by atoms with Crippen molar-refractivity contribution in [2.24, 2.45) is 0 Å². The number of alkyl halides is 2. The van der Waals surface area contributed by atoms with Crippen LogP contribution in [0.25, 0.3) is 0 Å². The van der Waals surface area contributed by atoms with Crippen molar-refractivity contribution in [1.82, 2.24) is 9.55 Å². The molecule has 1 saturated heterocycles. The summed E-state index contributed by atoms with van der Waals surface area (Å²) >= 11 is 0.789. The minimum atomic E-state index is -4.08. The summed E-state index contributed by atoms with van der Waals surface area (Å²) in [4.78, 5) is 63.2. The van der Waals surface area contributed by atoms with Gasteiger partial charge in [-0.3, -0.25) is 20.0 Å². The number of amides is 1. The van der Waals surface area contributed by atoms with Crippen LogP contribution in [0.2, 0.25) is 0 Å². The number of rotatable bonds is 8. The number of nitro groups is 1. The second-order valence-corrected chi connectivity index (χ2v) is 12.3. The van der Waals surface area contributed by atoms with E-state index in [1.165, 1.54) is 32.9 Å². The molecule has 1 aliphatic rings. The first-order chi connectivity index (χ1) is 20.2. The highest BCUT2D eigenvalue weighted by molar-refractivity contribution is 7.15. The second-order valence-electron chi connectivity index (χ2n) is 11.2. The third kappa shape index (κ3) is 9.30. The molecule has 2 aromatic heterocycles. The predicted octanol–water partition coefficient (Wildman–Crippen LogP) is 4.77. The Labute approximate surface area is 252 Å². The van der Waals surface area contributed by atoms with Gasteiger partial charge >= 0.3 is 35.0 Å². The van der Waals surface area contributed by atoms with Crippen LogP contribution in [-0.2, 0) is 35.0 Å². The molecule has 16 nitrogen and oxygen atoms in total. The van der Waals surface area contributed by atoms with Crippen molar-refractivity contribution in [3.8, 4) is 0 Å². The van der Waals surface area contributed by atoms with E-state index in [0.29, 0.717) is 9.44 Å². The molecule has 0 unspecified atom stereocenters. The van der Waals surface area contributed by atoms with Crippen LogP contribution in [0.4, 0.5) is 34.0 Å². The van der Waals surface area contributed by atoms with Gasteiger partial charge in [-0.05, 0) is 53.7 Å². The van der Waals surface area contributed by atoms with Crippen molar-refractivity contribution in [2.75, 3.05) is 11.9 Å². The molecule has 0 saturated carbocycles. The molecule has 1 fully saturated rings. The number of hydrogen-bond acceptors (Lipinski definition) is 14. The molecule has 3 atom stereocenters. The molecule has 19 heteroatoms. The molecule has 3 heterocycles. The lowest BCUT2D eigenvalue weighted by Crippen LogP contribution is -2.45. The highest BCUT2D eigenvalue weighted by Gasteiger charge is 2.63. The van der Waals surface area contributed by atoms with Crippen molar-refractivity contribution >= 4 is 40.6 Å². The Balaban J connectivity index is 1.75. The number of carbonyl (C=O) groups is 3. The minimum absolute atomic E-state index is 0.155. The number of aromatic nitrogens is 2. The number of nitrogens with zero attached hydrogens (tertiary/aromatic N) is 3. The molecule has 0 aliphatic carbocycles. The topological polar surface area (TPSA) is 197 Å². The van der Waals surface area contributed by atoms with Gasteiger partial charge in [-0.1, -0.05) is 11.3 Å². The van der Waals surface area contributed by atoms with Gasteiger partial charge in [-0.25, -0.2) is 19.2 Å². The third-order valence-electron chi connectivity index (χ3n) is 5.20. The normalized spacial score (nSPS) is 19.5. The van der Waals surface area contributed by atoms with Crippen LogP contribution >= 0.6 is 11.3 Å². The molecule has 2 aromatic rings. The average Bonchev–Trinajstić information content (AvgIpc) is 3.43. The number of ether oxygens (including phenoxy) is 6. The second kappa shape index (κ2) is 13.1. The molecule has 0 spiro atoms. The Bertz CT molecular complexity index is 1450. The summed E-state index contributed by atoms with van der Waals surface area (Å²) in [7, 11) is 0. The summed E-state index contributed by atoms with van der Waals surface area (Å²) in [5.41, 5.74) is -3.36. The lowest BCUT2D eigenvalue weighted by Gasteiger charge is -2.26. The number of hydrogen-bond donors (Lipinski definition) is 1. The van der Waals surface area contributed by atoms with E-state index < -0.39 is 71.2 Å². The van der Waals surface area contributed by atoms with E-state index in [9.17, 15) is 29.3 Å². The van der Waals surface area contributed by atoms with Gasteiger partial charge in [0.25, 0.3) is 0 Å². The zero-order valence-electron chi connectivity index (χ0n) is 24.4. The Morgan fingerprint density at radius 2 is 1.73 bits per heavy atom. The number of anilines is 1. The van der Waals surface area contributed by atoms with Crippen molar-refractivity contribution in [2.45, 2.75) is 83.7 Å². The number of halogens is 2. The largest absolute Gasteiger partial charge is 0.509 e. The van der Waals surface area contributed by atoms with Gasteiger partial charge in [0.1, 0.15) is 36.3 Å². The fourth-order valence-electron chi connectivity index (χ4n) is 3.54. The number of nitrogens with one attached hydrogen (secondary N) is 1. The quantitative estimate of drug-likeness (QED) is 0.178. The van der Waals surface area contributed by atoms with Crippen LogP contribution in [0.3, 0.4) is 0 Å². The smallest absolute Gasteiger partial charge is 0.444 e. The molecule has 1 N–H and O–H groups in total. The summed E-state index contributed by atoms with van der Waals surface area (Å²) in [6, 6.07) is 3.62. The van der Waals surface area contributed by atoms with Gasteiger partial charge in [0.15, 0.2) is 0 Å². The van der Waals surface area contributed by atoms with Gasteiger partial charge in [-0.15, -0.1) is 0 Å². The highest BCUT2D eigenvalue weighted by atomic mass is 32.1. The van der Waals surface area contributed by atoms with Crippen LogP contribution in [-0.4, -0.2) is 68.8 Å². The molecule has 1 aliphatic heterocycles. The van der Waals surface area contributed by atoms with E-state index >= 15 is 8.78 Å². The Morgan fingerprint density at radius 3 is 2.30 bits per heavy atom. The Morgan fingerprint density at radius 1 is 1.09 bits per heavy atom. The Kier molecular flexibility index (Phi) is 10.1. The van der Waals surface area contributed by atoms with Gasteiger partial charge in [0.05, 0.1) is 4.92 Å². The van der Waals surface area contributed by atoms with Crippen LogP contribution in [0, 0.1) is 10.1 Å². The summed E-state index contributed by atoms with van der Waals surface area (Å²) in [6.07, 6.45) is -9.46. The van der Waals surface area contributed by atoms with Gasteiger partial charge in [0, 0.05) is 17.1 Å². The van der Waals surface area contributed by atoms with E-state index in [1.54, 1.807) is 20.8 Å². The van der Waals surface area contributed by atoms with Gasteiger partial charge in [-0.2, -0.15) is 13.8 Å². The summed E-state index contributed by atoms with van der Waals surface area (Å²) in [5, 5.41) is 12.8. The maximum absolute atomic E-state index is 15.7. The van der Waals surface area contributed by atoms with Crippen LogP contribution in [0.15, 0.2) is 29.2 Å². The molecule has 242 valence electrons. The maximum atomic E-state index is 15.7. The van der Waals surface area contributed by atoms with Crippen LogP contribution < -0.4 is 11.0 Å². The van der Waals surface area contributed by atoms with Crippen molar-refractivity contribution in [3.05, 3.63) is 49.9 Å². The van der Waals surface area contributed by atoms with Crippen molar-refractivity contribution in [3.63, 3.8) is 0 Å². The molecule has 3 rings (SSSR count). The zero-order valence-corrected chi connectivity index (χ0v) is 25.2. The fraction of sp³-hybridized carbons (Fsp3) is 0.560. The van der Waals surface area contributed by atoms with Crippen LogP contribution in [0.5, 0.6) is 0 Å². The molecule has 0 aromatic carbocycles. The molecular formula is C25H30F2N4O12S. The van der Waals surface area contributed by atoms with E-state index in [1.807, 2.05) is 0 Å². The van der Waals surface area contributed by atoms with Gasteiger partial charge < -0.3 is 28.4 Å². The van der Waals surface area contributed by atoms with E-state index in [4.69, 9.17) is 28.4 Å². The van der Waals surface area contributed by atoms with E-state index in [0.717, 1.165) is 23.6 Å². The predicted molar refractivity (Wildman–Crippen MR) is 145 cm³/mol. The number of carbonyl (C=O) groups excluding carboxylic acids is 3. The van der Waals surface area contributed by atoms with Crippen molar-refractivity contribution < 1.29 is 56.5 Å². The molecule has 0 bridgehead atoms. The zero-order chi connectivity index (χ0) is 33.0. The fourth-order valence-corrected chi connectivity index (χ4v) is 4.27. The molecule has 0 radical (unpaired) electrons. The molecule has 44 heavy (non-hydrogen) atoms. The Hall–Kier alpha value is -4.39. The standard InChI is InChI=1S/C25H30F2N4O12S/c1-23(2,3)42-21(34)39-12-14-17(41-22(35)43-24(4,5)6)25(26,27)18(40-14)30-10-9-15(28-19(30)32)29-20(33)38-11-13-7-8-16(44-13)31(36)37/h7-10,14,17-18H,11-12H2,1-6H3,(H,28,29,32,33)/t14-,17-,18-/m1/s1. The molecular weight excluding hydrogens is 618 g/mol. The molecule has 1 amide bonds. The SMILES string of the molecule is CC(C)(C)OC(=O)OC[C@H]1O[C@@H](n2ccc(NC(=O)OCc3ccc([N+](=O)[O-])s3)nc2=O)C(F)(F)[C@@H]1OC(=O)OC(C)(C)C. The first kappa shape index (κ1) is 34.1. The summed E-state index contributed by atoms with van der Waals surface area (Å²) in [5.74, 6) is -4.46. The monoisotopic (exact) mass is 648 g/mol. The lowest BCUT2D eigenvalue weighted by atomic mass is 10.1. The first-order valence-electron chi connectivity index (χ1n) is 12.8. The third-order valence-corrected chi connectivity index (χ3v) is 6.21. The van der Waals surface area contributed by atoms with Crippen LogP contribution in [0.1, 0.15) is 52.6 Å². The summed E-state index contributed by atoms with van der Waals surface area (Å²) < 4.78 is 61.7. The summed E-state index contributed by atoms with van der Waals surface area (Å²) in [6.45, 7) is 7.92. The highest BCUT2D eigenvalue weighted by Crippen LogP contribution is 2.44. The van der Waals surface area contributed by atoms with Crippen molar-refractivity contribution in [1.29, 1.82) is 0 Å². The van der Waals surface area contributed by atoms with Gasteiger partial charge in [0.2, 0.25) is 12.3 Å². The lowest BCUT2D eigenvalue weighted by molar-refractivity contribution is -0.380. The first-order valence-corrected chi connectivity index (χ1v) is 13.6. The van der Waals surface area contributed by atoms with E-state index in [-0.39, 0.29) is 17.4 Å². The average molecular weight is 649 g/mol.